The largest absolute Gasteiger partial charge is 0.508 e. The molecule has 0 aliphatic carbocycles. The monoisotopic (exact) mass is 420 g/mol. The second-order valence-corrected chi connectivity index (χ2v) is 7.86. The van der Waals surface area contributed by atoms with Gasteiger partial charge in [-0.1, -0.05) is 6.07 Å². The van der Waals surface area contributed by atoms with Crippen LogP contribution in [0.1, 0.15) is 21.6 Å². The van der Waals surface area contributed by atoms with E-state index in [4.69, 9.17) is 4.74 Å². The molecule has 4 rings (SSSR count). The highest BCUT2D eigenvalue weighted by molar-refractivity contribution is 6.05. The fourth-order valence-corrected chi connectivity index (χ4v) is 3.66. The van der Waals surface area contributed by atoms with E-state index in [9.17, 15) is 14.7 Å². The van der Waals surface area contributed by atoms with Crippen LogP contribution in [0.3, 0.4) is 0 Å². The van der Waals surface area contributed by atoms with Crippen LogP contribution in [0.25, 0.3) is 11.1 Å². The number of aromatic amines is 1. The van der Waals surface area contributed by atoms with Crippen LogP contribution in [0.5, 0.6) is 11.5 Å². The van der Waals surface area contributed by atoms with E-state index in [1.807, 2.05) is 13.0 Å². The van der Waals surface area contributed by atoms with Crippen LogP contribution in [0, 0.1) is 12.8 Å². The third-order valence-corrected chi connectivity index (χ3v) is 5.38. The smallest absolute Gasteiger partial charge is 0.255 e. The average Bonchev–Trinajstić information content (AvgIpc) is 3.18. The normalized spacial score (nSPS) is 15.0. The number of anilines is 1. The first-order chi connectivity index (χ1) is 14.8. The van der Waals surface area contributed by atoms with Crippen LogP contribution >= 0.6 is 0 Å². The van der Waals surface area contributed by atoms with E-state index in [2.05, 4.69) is 15.5 Å². The van der Waals surface area contributed by atoms with Crippen molar-refractivity contribution in [3.8, 4) is 22.6 Å². The number of nitrogens with one attached hydrogen (secondary N) is 2. The molecule has 2 aromatic carbocycles. The van der Waals surface area contributed by atoms with Crippen molar-refractivity contribution in [3.05, 3.63) is 59.4 Å². The van der Waals surface area contributed by atoms with Gasteiger partial charge in [-0.15, -0.1) is 0 Å². The zero-order chi connectivity index (χ0) is 22.1. The predicted octanol–water partition coefficient (Wildman–Crippen LogP) is 2.98. The number of amides is 2. The van der Waals surface area contributed by atoms with Crippen LogP contribution in [-0.4, -0.2) is 52.7 Å². The molecule has 0 spiro atoms. The zero-order valence-electron chi connectivity index (χ0n) is 17.6. The lowest BCUT2D eigenvalue weighted by atomic mass is 9.95. The number of benzene rings is 2. The van der Waals surface area contributed by atoms with Gasteiger partial charge in [0, 0.05) is 25.4 Å². The molecule has 0 saturated carbocycles. The van der Waals surface area contributed by atoms with Crippen molar-refractivity contribution in [1.82, 2.24) is 15.1 Å². The van der Waals surface area contributed by atoms with Crippen LogP contribution < -0.4 is 10.1 Å². The molecular weight excluding hydrogens is 396 g/mol. The third-order valence-electron chi connectivity index (χ3n) is 5.38. The van der Waals surface area contributed by atoms with Crippen LogP contribution in [0.15, 0.2) is 42.6 Å². The minimum Gasteiger partial charge on any atom is -0.508 e. The highest BCUT2D eigenvalue weighted by Crippen LogP contribution is 2.32. The van der Waals surface area contributed by atoms with Crippen molar-refractivity contribution in [1.29, 1.82) is 0 Å². The van der Waals surface area contributed by atoms with E-state index < -0.39 is 5.92 Å². The maximum absolute atomic E-state index is 13.0. The molecule has 8 nitrogen and oxygen atoms in total. The number of aromatic nitrogens is 2. The van der Waals surface area contributed by atoms with Crippen LogP contribution in [-0.2, 0) is 11.2 Å². The second-order valence-electron chi connectivity index (χ2n) is 7.86. The van der Waals surface area contributed by atoms with Gasteiger partial charge in [-0.05, 0) is 54.8 Å². The Labute approximate surface area is 179 Å². The summed E-state index contributed by atoms with van der Waals surface area (Å²) < 4.78 is 5.69. The number of carbonyl (C=O) groups excluding carboxylic acids is 2. The molecule has 0 radical (unpaired) electrons. The van der Waals surface area contributed by atoms with Crippen LogP contribution in [0.4, 0.5) is 5.69 Å². The quantitative estimate of drug-likeness (QED) is 0.601. The molecule has 3 N–H and O–H groups in total. The SMILES string of the molecule is Cc1[nH]ncc1-c1ccc(NC(=O)C2COc3ccc(O)cc3C2)c(C(=O)N(C)C)c1. The number of phenols is 1. The number of hydrogen-bond acceptors (Lipinski definition) is 5. The summed E-state index contributed by atoms with van der Waals surface area (Å²) in [5.41, 5.74) is 4.23. The van der Waals surface area contributed by atoms with Crippen molar-refractivity contribution in [3.63, 3.8) is 0 Å². The molecule has 1 unspecified atom stereocenters. The molecule has 1 aliphatic heterocycles. The number of ether oxygens (including phenoxy) is 1. The fourth-order valence-electron chi connectivity index (χ4n) is 3.66. The van der Waals surface area contributed by atoms with Crippen molar-refractivity contribution >= 4 is 17.5 Å². The number of fused-ring (bicyclic) bond motifs is 1. The standard InChI is InChI=1S/C23H24N4O4/c1-13-19(11-24-26-13)14-4-6-20(18(10-14)23(30)27(2)3)25-22(29)16-8-15-9-17(28)5-7-21(15)31-12-16/h4-7,9-11,16,28H,8,12H2,1-3H3,(H,24,26)(H,25,29). The average molecular weight is 420 g/mol. The third kappa shape index (κ3) is 4.09. The topological polar surface area (TPSA) is 108 Å². The number of H-pyrrole nitrogens is 1. The highest BCUT2D eigenvalue weighted by Gasteiger charge is 2.27. The minimum absolute atomic E-state index is 0.132. The van der Waals surface area contributed by atoms with Gasteiger partial charge in [-0.3, -0.25) is 14.7 Å². The molecule has 160 valence electrons. The van der Waals surface area contributed by atoms with Gasteiger partial charge in [-0.25, -0.2) is 0 Å². The van der Waals surface area contributed by atoms with Crippen LogP contribution in [0.2, 0.25) is 0 Å². The van der Waals surface area contributed by atoms with Crippen molar-refractivity contribution in [2.75, 3.05) is 26.0 Å². The lowest BCUT2D eigenvalue weighted by molar-refractivity contribution is -0.121. The summed E-state index contributed by atoms with van der Waals surface area (Å²) in [5, 5.41) is 19.5. The molecule has 1 atom stereocenters. The maximum atomic E-state index is 13.0. The molecule has 3 aromatic rings. The number of carbonyl (C=O) groups is 2. The fraction of sp³-hybridized carbons (Fsp3) is 0.261. The maximum Gasteiger partial charge on any atom is 0.255 e. The van der Waals surface area contributed by atoms with Gasteiger partial charge in [0.25, 0.3) is 5.91 Å². The number of aromatic hydroxyl groups is 1. The van der Waals surface area contributed by atoms with Crippen molar-refractivity contribution < 1.29 is 19.4 Å². The first-order valence-corrected chi connectivity index (χ1v) is 9.95. The number of hydrogen-bond donors (Lipinski definition) is 3. The minimum atomic E-state index is -0.438. The highest BCUT2D eigenvalue weighted by atomic mass is 16.5. The Kier molecular flexibility index (Phi) is 5.37. The Morgan fingerprint density at radius 3 is 2.74 bits per heavy atom. The predicted molar refractivity (Wildman–Crippen MR) is 116 cm³/mol. The van der Waals surface area contributed by atoms with E-state index >= 15 is 0 Å². The Balaban J connectivity index is 1.61. The molecular formula is C23H24N4O4. The summed E-state index contributed by atoms with van der Waals surface area (Å²) in [7, 11) is 3.34. The number of nitrogens with zero attached hydrogens (tertiary/aromatic N) is 2. The first kappa shape index (κ1) is 20.5. The second kappa shape index (κ2) is 8.14. The Morgan fingerprint density at radius 2 is 2.03 bits per heavy atom. The Hall–Kier alpha value is -3.81. The number of rotatable bonds is 4. The summed E-state index contributed by atoms with van der Waals surface area (Å²) in [6.45, 7) is 2.14. The lowest BCUT2D eigenvalue weighted by Gasteiger charge is -2.25. The lowest BCUT2D eigenvalue weighted by Crippen LogP contribution is -2.33. The van der Waals surface area contributed by atoms with Gasteiger partial charge in [0.05, 0.1) is 23.4 Å². The van der Waals surface area contributed by atoms with Gasteiger partial charge < -0.3 is 20.1 Å². The Morgan fingerprint density at radius 1 is 1.23 bits per heavy atom. The molecule has 1 aromatic heterocycles. The molecule has 0 bridgehead atoms. The zero-order valence-corrected chi connectivity index (χ0v) is 17.6. The molecule has 1 aliphatic rings. The first-order valence-electron chi connectivity index (χ1n) is 9.95. The van der Waals surface area contributed by atoms with E-state index in [0.717, 1.165) is 22.4 Å². The van der Waals surface area contributed by atoms with Gasteiger partial charge in [-0.2, -0.15) is 5.10 Å². The van der Waals surface area contributed by atoms with E-state index in [0.29, 0.717) is 23.4 Å². The molecule has 2 heterocycles. The summed E-state index contributed by atoms with van der Waals surface area (Å²) in [6.07, 6.45) is 2.15. The summed E-state index contributed by atoms with van der Waals surface area (Å²) >= 11 is 0. The van der Waals surface area contributed by atoms with E-state index in [1.54, 1.807) is 50.6 Å². The number of phenolic OH excluding ortho intramolecular Hbond substituents is 1. The van der Waals surface area contributed by atoms with Gasteiger partial charge >= 0.3 is 0 Å². The number of aryl methyl sites for hydroxylation is 1. The van der Waals surface area contributed by atoms with Gasteiger partial charge in [0.2, 0.25) is 5.91 Å². The molecule has 0 saturated heterocycles. The summed E-state index contributed by atoms with van der Waals surface area (Å²) in [6, 6.07) is 10.2. The molecule has 2 amide bonds. The van der Waals surface area contributed by atoms with Gasteiger partial charge in [0.15, 0.2) is 0 Å². The summed E-state index contributed by atoms with van der Waals surface area (Å²) in [5.74, 6) is -0.0903. The van der Waals surface area contributed by atoms with Crippen molar-refractivity contribution in [2.45, 2.75) is 13.3 Å². The molecule has 31 heavy (non-hydrogen) atoms. The van der Waals surface area contributed by atoms with Crippen molar-refractivity contribution in [2.24, 2.45) is 5.92 Å². The van der Waals surface area contributed by atoms with Gasteiger partial charge in [0.1, 0.15) is 18.1 Å². The summed E-state index contributed by atoms with van der Waals surface area (Å²) in [4.78, 5) is 27.3. The molecule has 8 heteroatoms. The molecule has 0 fully saturated rings. The van der Waals surface area contributed by atoms with E-state index in [1.165, 1.54) is 4.90 Å². The van der Waals surface area contributed by atoms with E-state index in [-0.39, 0.29) is 24.2 Å². The Bertz CT molecular complexity index is 1150.